The van der Waals surface area contributed by atoms with Gasteiger partial charge in [0.15, 0.2) is 0 Å². The third-order valence-electron chi connectivity index (χ3n) is 7.92. The molecule has 2 N–H and O–H groups in total. The number of unbranched alkanes of at least 4 members (excludes halogenated alkanes) is 3. The van der Waals surface area contributed by atoms with Crippen molar-refractivity contribution in [3.8, 4) is 0 Å². The maximum absolute atomic E-state index is 14.0. The van der Waals surface area contributed by atoms with Gasteiger partial charge in [-0.05, 0) is 49.1 Å². The number of likely N-dealkylation sites (tertiary alicyclic amines) is 1. The molecule has 0 aliphatic carbocycles. The van der Waals surface area contributed by atoms with Gasteiger partial charge in [-0.3, -0.25) is 14.4 Å². The molecule has 0 saturated carbocycles. The van der Waals surface area contributed by atoms with Crippen LogP contribution in [0, 0.1) is 11.8 Å². The lowest BCUT2D eigenvalue weighted by Crippen LogP contribution is -2.52. The number of rotatable bonds is 10. The van der Waals surface area contributed by atoms with E-state index in [9.17, 15) is 14.4 Å². The lowest BCUT2D eigenvalue weighted by Gasteiger charge is -2.35. The molecule has 0 aromatic heterocycles. The summed E-state index contributed by atoms with van der Waals surface area (Å²) in [7, 11) is 0. The zero-order valence-corrected chi connectivity index (χ0v) is 23.3. The van der Waals surface area contributed by atoms with Crippen LogP contribution in [-0.4, -0.2) is 68.4 Å². The highest BCUT2D eigenvalue weighted by Gasteiger charge is 2.75. The first-order chi connectivity index (χ1) is 17.9. The molecular formula is C28H33BrN2O5S. The molecule has 3 aliphatic heterocycles. The number of halogens is 1. The molecular weight excluding hydrogens is 556 g/mol. The molecule has 9 heteroatoms. The van der Waals surface area contributed by atoms with Crippen LogP contribution in [0.2, 0.25) is 0 Å². The van der Waals surface area contributed by atoms with E-state index in [4.69, 9.17) is 9.84 Å². The number of aliphatic hydroxyl groups excluding tert-OH is 1. The number of carbonyl (C=O) groups is 3. The molecule has 2 bridgehead atoms. The number of fused-ring (bicyclic) bond motifs is 2. The van der Waals surface area contributed by atoms with Crippen molar-refractivity contribution in [2.75, 3.05) is 25.1 Å². The van der Waals surface area contributed by atoms with E-state index in [2.05, 4.69) is 21.2 Å². The largest absolute Gasteiger partial charge is 0.466 e. The number of nitrogens with one attached hydrogen (secondary N) is 1. The van der Waals surface area contributed by atoms with Crippen LogP contribution in [0.25, 0.3) is 10.8 Å². The normalized spacial score (nSPS) is 30.1. The van der Waals surface area contributed by atoms with Gasteiger partial charge in [-0.2, -0.15) is 0 Å². The second-order valence-corrected chi connectivity index (χ2v) is 12.9. The van der Waals surface area contributed by atoms with Crippen molar-refractivity contribution >= 4 is 61.9 Å². The van der Waals surface area contributed by atoms with Gasteiger partial charge in [-0.25, -0.2) is 0 Å². The molecule has 1 spiro atoms. The first kappa shape index (κ1) is 26.5. The third kappa shape index (κ3) is 4.68. The van der Waals surface area contributed by atoms with Crippen molar-refractivity contribution in [1.82, 2.24) is 4.90 Å². The maximum Gasteiger partial charge on any atom is 0.310 e. The zero-order chi connectivity index (χ0) is 26.2. The summed E-state index contributed by atoms with van der Waals surface area (Å²) in [6, 6.07) is 13.1. The minimum Gasteiger partial charge on any atom is -0.466 e. The molecule has 3 saturated heterocycles. The topological polar surface area (TPSA) is 95.9 Å². The number of benzene rings is 2. The summed E-state index contributed by atoms with van der Waals surface area (Å²) in [5.74, 6) is -1.80. The number of esters is 1. The Kier molecular flexibility index (Phi) is 7.84. The average molecular weight is 590 g/mol. The van der Waals surface area contributed by atoms with Gasteiger partial charge in [0.2, 0.25) is 11.8 Å². The van der Waals surface area contributed by atoms with Crippen molar-refractivity contribution in [2.24, 2.45) is 11.8 Å². The number of hydrogen-bond acceptors (Lipinski definition) is 6. The Morgan fingerprint density at radius 2 is 1.92 bits per heavy atom. The van der Waals surface area contributed by atoms with Crippen LogP contribution in [0.5, 0.6) is 0 Å². The monoisotopic (exact) mass is 588 g/mol. The Morgan fingerprint density at radius 3 is 2.68 bits per heavy atom. The Bertz CT molecular complexity index is 1190. The quantitative estimate of drug-likeness (QED) is 0.243. The first-order valence-electron chi connectivity index (χ1n) is 13.1. The molecule has 7 nitrogen and oxygen atoms in total. The van der Waals surface area contributed by atoms with Gasteiger partial charge >= 0.3 is 5.97 Å². The number of carbonyl (C=O) groups excluding carboxylic acids is 3. The molecule has 2 aromatic carbocycles. The van der Waals surface area contributed by atoms with Gasteiger partial charge in [-0.1, -0.05) is 59.1 Å². The van der Waals surface area contributed by atoms with Gasteiger partial charge < -0.3 is 20.1 Å². The van der Waals surface area contributed by atoms with E-state index < -0.39 is 22.6 Å². The third-order valence-corrected chi connectivity index (χ3v) is 11.1. The number of alkyl halides is 1. The van der Waals surface area contributed by atoms with E-state index in [-0.39, 0.29) is 41.1 Å². The molecule has 3 heterocycles. The van der Waals surface area contributed by atoms with Crippen LogP contribution in [0.15, 0.2) is 42.5 Å². The fourth-order valence-corrected chi connectivity index (χ4v) is 10.0. The van der Waals surface area contributed by atoms with E-state index in [1.54, 1.807) is 23.6 Å². The number of amides is 2. The van der Waals surface area contributed by atoms with Crippen molar-refractivity contribution < 1.29 is 24.2 Å². The predicted octanol–water partition coefficient (Wildman–Crippen LogP) is 4.36. The second-order valence-electron chi connectivity index (χ2n) is 10.1. The number of aliphatic hydroxyl groups is 1. The van der Waals surface area contributed by atoms with Crippen molar-refractivity contribution in [3.63, 3.8) is 0 Å². The predicted molar refractivity (Wildman–Crippen MR) is 149 cm³/mol. The van der Waals surface area contributed by atoms with Crippen LogP contribution in [0.1, 0.15) is 39.0 Å². The van der Waals surface area contributed by atoms with E-state index in [1.807, 2.05) is 42.5 Å². The minimum absolute atomic E-state index is 0.0245. The van der Waals surface area contributed by atoms with Crippen LogP contribution in [-0.2, 0) is 19.1 Å². The standard InChI is InChI=1S/C28H33BrN2O5S/c1-2-36-27(35)21-22-26(34)31(13-7-3-4-8-14-32)24(28(22)16-20(29)23(21)37-28)25(33)30-19-12-11-17-9-5-6-10-18(17)15-19/h5-6,9-12,15,20-24,32H,2-4,7-8,13-14,16H2,1H3,(H,30,33)/t20?,21-,22-,23-,24?,28?/m0/s1. The number of anilines is 1. The summed E-state index contributed by atoms with van der Waals surface area (Å²) < 4.78 is 4.72. The molecule has 37 heavy (non-hydrogen) atoms. The number of hydrogen-bond donors (Lipinski definition) is 2. The summed E-state index contributed by atoms with van der Waals surface area (Å²) in [5.41, 5.74) is 0.689. The number of thioether (sulfide) groups is 1. The fourth-order valence-electron chi connectivity index (χ4n) is 6.40. The molecule has 2 aromatic rings. The number of ether oxygens (including phenoxy) is 1. The molecule has 6 atom stereocenters. The second kappa shape index (κ2) is 10.9. The first-order valence-corrected chi connectivity index (χ1v) is 14.9. The van der Waals surface area contributed by atoms with Gasteiger partial charge in [0, 0.05) is 28.9 Å². The van der Waals surface area contributed by atoms with Gasteiger partial charge in [-0.15, -0.1) is 11.8 Å². The highest BCUT2D eigenvalue weighted by molar-refractivity contribution is 9.09. The van der Waals surface area contributed by atoms with Gasteiger partial charge in [0.05, 0.1) is 23.2 Å². The lowest BCUT2D eigenvalue weighted by molar-refractivity contribution is -0.153. The summed E-state index contributed by atoms with van der Waals surface area (Å²) >= 11 is 5.38. The van der Waals surface area contributed by atoms with Crippen LogP contribution in [0.4, 0.5) is 5.69 Å². The van der Waals surface area contributed by atoms with Crippen molar-refractivity contribution in [3.05, 3.63) is 42.5 Å². The smallest absolute Gasteiger partial charge is 0.310 e. The lowest BCUT2D eigenvalue weighted by atomic mass is 9.71. The molecule has 2 amide bonds. The summed E-state index contributed by atoms with van der Waals surface area (Å²) in [5, 5.41) is 14.2. The SMILES string of the molecule is CCOC(=O)[C@H]1[C@H]2C(=O)N(CCCCCCO)C(C(=O)Nc3ccc4ccccc4c3)C23CC(Br)[C@@H]1S3. The highest BCUT2D eigenvalue weighted by atomic mass is 79.9. The number of nitrogens with zero attached hydrogens (tertiary/aromatic N) is 1. The molecule has 3 unspecified atom stereocenters. The van der Waals surface area contributed by atoms with Gasteiger partial charge in [0.25, 0.3) is 0 Å². The van der Waals surface area contributed by atoms with E-state index in [0.29, 0.717) is 18.7 Å². The zero-order valence-electron chi connectivity index (χ0n) is 20.9. The summed E-state index contributed by atoms with van der Waals surface area (Å²) in [4.78, 5) is 42.7. The molecule has 3 aliphatic rings. The van der Waals surface area contributed by atoms with Crippen LogP contribution < -0.4 is 5.32 Å². The highest BCUT2D eigenvalue weighted by Crippen LogP contribution is 2.67. The van der Waals surface area contributed by atoms with Crippen molar-refractivity contribution in [2.45, 2.75) is 59.9 Å². The fraction of sp³-hybridized carbons (Fsp3) is 0.536. The molecule has 3 fully saturated rings. The van der Waals surface area contributed by atoms with E-state index in [1.165, 1.54) is 0 Å². The molecule has 198 valence electrons. The van der Waals surface area contributed by atoms with E-state index in [0.717, 1.165) is 36.5 Å². The Morgan fingerprint density at radius 1 is 1.16 bits per heavy atom. The maximum atomic E-state index is 14.0. The summed E-state index contributed by atoms with van der Waals surface area (Å²) in [6.07, 6.45) is 3.84. The Balaban J connectivity index is 1.45. The van der Waals surface area contributed by atoms with E-state index >= 15 is 0 Å². The summed E-state index contributed by atoms with van der Waals surface area (Å²) in [6.45, 7) is 2.63. The Labute approximate surface area is 229 Å². The van der Waals surface area contributed by atoms with Gasteiger partial charge in [0.1, 0.15) is 6.04 Å². The molecule has 5 rings (SSSR count). The van der Waals surface area contributed by atoms with Crippen LogP contribution in [0.3, 0.4) is 0 Å². The van der Waals surface area contributed by atoms with Crippen LogP contribution >= 0.6 is 27.7 Å². The minimum atomic E-state index is -0.681. The average Bonchev–Trinajstić information content (AvgIpc) is 3.47. The van der Waals surface area contributed by atoms with Crippen molar-refractivity contribution in [1.29, 1.82) is 0 Å². The Hall–Kier alpha value is -2.10. The molecule has 0 radical (unpaired) electrons.